The van der Waals surface area contributed by atoms with Crippen molar-refractivity contribution >= 4 is 27.5 Å². The van der Waals surface area contributed by atoms with Gasteiger partial charge in [-0.25, -0.2) is 8.42 Å². The van der Waals surface area contributed by atoms with Gasteiger partial charge in [-0.1, -0.05) is 61.5 Å². The highest BCUT2D eigenvalue weighted by Gasteiger charge is 2.34. The first-order valence-electron chi connectivity index (χ1n) is 13.9. The Morgan fingerprint density at radius 2 is 1.62 bits per heavy atom. The summed E-state index contributed by atoms with van der Waals surface area (Å²) in [6.07, 6.45) is 2.01. The van der Waals surface area contributed by atoms with Crippen LogP contribution >= 0.6 is 0 Å². The number of amides is 2. The molecule has 9 nitrogen and oxygen atoms in total. The van der Waals surface area contributed by atoms with Crippen molar-refractivity contribution < 1.29 is 27.5 Å². The molecule has 0 heterocycles. The van der Waals surface area contributed by atoms with E-state index in [1.807, 2.05) is 75.4 Å². The van der Waals surface area contributed by atoms with E-state index < -0.39 is 28.5 Å². The monoisotopic (exact) mass is 595 g/mol. The van der Waals surface area contributed by atoms with Crippen molar-refractivity contribution in [1.29, 1.82) is 0 Å². The first kappa shape index (κ1) is 32.5. The standard InChI is InChI=1S/C32H41N3O6S/c1-7-24(3)33-32(37)29(19-25-14-9-8-10-15-25)34(21-26-16-12-11-13-23(26)2)31(36)22-35(42(6,38)39)28-18-17-27(40-4)20-30(28)41-5/h8-18,20,24,29H,7,19,21-22H2,1-6H3,(H,33,37)/t24-,29+/m1/s1. The van der Waals surface area contributed by atoms with E-state index in [2.05, 4.69) is 5.32 Å². The molecule has 0 saturated carbocycles. The van der Waals surface area contributed by atoms with Crippen LogP contribution in [0, 0.1) is 6.92 Å². The van der Waals surface area contributed by atoms with Crippen molar-refractivity contribution in [3.8, 4) is 11.5 Å². The van der Waals surface area contributed by atoms with Crippen molar-refractivity contribution in [3.63, 3.8) is 0 Å². The normalized spacial score (nSPS) is 12.6. The molecular weight excluding hydrogens is 554 g/mol. The summed E-state index contributed by atoms with van der Waals surface area (Å²) in [6.45, 7) is 5.41. The third-order valence-electron chi connectivity index (χ3n) is 7.21. The number of benzene rings is 3. The number of hydrogen-bond acceptors (Lipinski definition) is 6. The molecule has 2 amide bonds. The number of methoxy groups -OCH3 is 2. The smallest absolute Gasteiger partial charge is 0.244 e. The summed E-state index contributed by atoms with van der Waals surface area (Å²) < 4.78 is 37.9. The highest BCUT2D eigenvalue weighted by molar-refractivity contribution is 7.92. The van der Waals surface area contributed by atoms with Crippen LogP contribution in [0.2, 0.25) is 0 Å². The zero-order valence-electron chi connectivity index (χ0n) is 25.2. The summed E-state index contributed by atoms with van der Waals surface area (Å²) >= 11 is 0. The molecular formula is C32H41N3O6S. The van der Waals surface area contributed by atoms with E-state index in [0.717, 1.165) is 27.3 Å². The SMILES string of the molecule is CC[C@@H](C)NC(=O)[C@H](Cc1ccccc1)N(Cc1ccccc1C)C(=O)CN(c1ccc(OC)cc1OC)S(C)(=O)=O. The van der Waals surface area contributed by atoms with Gasteiger partial charge in [0.05, 0.1) is 26.2 Å². The van der Waals surface area contributed by atoms with Crippen LogP contribution in [0.3, 0.4) is 0 Å². The van der Waals surface area contributed by atoms with E-state index in [-0.39, 0.29) is 36.4 Å². The van der Waals surface area contributed by atoms with Gasteiger partial charge in [-0.15, -0.1) is 0 Å². The molecule has 3 aromatic carbocycles. The van der Waals surface area contributed by atoms with Gasteiger partial charge in [0, 0.05) is 25.1 Å². The highest BCUT2D eigenvalue weighted by atomic mass is 32.2. The van der Waals surface area contributed by atoms with E-state index in [1.165, 1.54) is 25.2 Å². The molecule has 0 fully saturated rings. The molecule has 226 valence electrons. The maximum atomic E-state index is 14.3. The van der Waals surface area contributed by atoms with Crippen LogP contribution in [0.1, 0.15) is 37.0 Å². The molecule has 0 spiro atoms. The lowest BCUT2D eigenvalue weighted by atomic mass is 10.0. The minimum atomic E-state index is -3.94. The van der Waals surface area contributed by atoms with Gasteiger partial charge in [0.1, 0.15) is 24.1 Å². The van der Waals surface area contributed by atoms with Gasteiger partial charge >= 0.3 is 0 Å². The lowest BCUT2D eigenvalue weighted by molar-refractivity contribution is -0.140. The second kappa shape index (κ2) is 14.7. The fourth-order valence-electron chi connectivity index (χ4n) is 4.55. The lowest BCUT2D eigenvalue weighted by Crippen LogP contribution is -2.54. The molecule has 3 rings (SSSR count). The van der Waals surface area contributed by atoms with Crippen molar-refractivity contribution in [2.75, 3.05) is 31.3 Å². The van der Waals surface area contributed by atoms with Crippen LogP contribution in [0.25, 0.3) is 0 Å². The van der Waals surface area contributed by atoms with E-state index in [9.17, 15) is 18.0 Å². The fourth-order valence-corrected chi connectivity index (χ4v) is 5.40. The van der Waals surface area contributed by atoms with Crippen LogP contribution in [-0.2, 0) is 32.6 Å². The van der Waals surface area contributed by atoms with Crippen molar-refractivity contribution in [3.05, 3.63) is 89.5 Å². The number of nitrogens with one attached hydrogen (secondary N) is 1. The summed E-state index contributed by atoms with van der Waals surface area (Å²) in [7, 11) is -1.03. The summed E-state index contributed by atoms with van der Waals surface area (Å²) in [5.74, 6) is -0.126. The van der Waals surface area contributed by atoms with Crippen LogP contribution in [0.15, 0.2) is 72.8 Å². The number of carbonyl (C=O) groups excluding carboxylic acids is 2. The predicted molar refractivity (Wildman–Crippen MR) is 165 cm³/mol. The number of hydrogen-bond donors (Lipinski definition) is 1. The average Bonchev–Trinajstić information content (AvgIpc) is 2.97. The van der Waals surface area contributed by atoms with Gasteiger partial charge in [0.2, 0.25) is 21.8 Å². The van der Waals surface area contributed by atoms with Crippen LogP contribution < -0.4 is 19.1 Å². The molecule has 0 unspecified atom stereocenters. The maximum absolute atomic E-state index is 14.3. The third kappa shape index (κ3) is 8.48. The Hall–Kier alpha value is -4.05. The first-order valence-corrected chi connectivity index (χ1v) is 15.7. The molecule has 0 aliphatic rings. The molecule has 0 saturated heterocycles. The van der Waals surface area contributed by atoms with Gasteiger partial charge in [-0.05, 0) is 49.1 Å². The van der Waals surface area contributed by atoms with E-state index in [4.69, 9.17) is 9.47 Å². The number of nitrogens with zero attached hydrogens (tertiary/aromatic N) is 2. The molecule has 0 aromatic heterocycles. The van der Waals surface area contributed by atoms with E-state index >= 15 is 0 Å². The van der Waals surface area contributed by atoms with Crippen LogP contribution in [0.4, 0.5) is 5.69 Å². The zero-order valence-corrected chi connectivity index (χ0v) is 26.0. The quantitative estimate of drug-likeness (QED) is 0.298. The molecule has 0 bridgehead atoms. The van der Waals surface area contributed by atoms with Crippen molar-refractivity contribution in [2.24, 2.45) is 0 Å². The Bertz CT molecular complexity index is 1460. The Morgan fingerprint density at radius 3 is 2.21 bits per heavy atom. The number of aryl methyl sites for hydroxylation is 1. The molecule has 0 aliphatic heterocycles. The summed E-state index contributed by atoms with van der Waals surface area (Å²) in [6, 6.07) is 20.8. The topological polar surface area (TPSA) is 105 Å². The summed E-state index contributed by atoms with van der Waals surface area (Å²) in [5.41, 5.74) is 2.87. The van der Waals surface area contributed by atoms with Crippen molar-refractivity contribution in [2.45, 2.75) is 52.2 Å². The molecule has 3 aromatic rings. The zero-order chi connectivity index (χ0) is 30.9. The van der Waals surface area contributed by atoms with Gasteiger partial charge in [0.25, 0.3) is 0 Å². The van der Waals surface area contributed by atoms with E-state index in [1.54, 1.807) is 12.1 Å². The third-order valence-corrected chi connectivity index (χ3v) is 8.34. The Labute approximate surface area is 249 Å². The number of ether oxygens (including phenoxy) is 2. The van der Waals surface area contributed by atoms with E-state index in [0.29, 0.717) is 12.2 Å². The molecule has 42 heavy (non-hydrogen) atoms. The highest BCUT2D eigenvalue weighted by Crippen LogP contribution is 2.34. The fraction of sp³-hybridized carbons (Fsp3) is 0.375. The number of sulfonamides is 1. The van der Waals surface area contributed by atoms with Gasteiger partial charge in [0.15, 0.2) is 0 Å². The Morgan fingerprint density at radius 1 is 0.952 bits per heavy atom. The van der Waals surface area contributed by atoms with Crippen LogP contribution in [-0.4, -0.2) is 64.2 Å². The van der Waals surface area contributed by atoms with Gasteiger partial charge in [-0.2, -0.15) is 0 Å². The second-order valence-electron chi connectivity index (χ2n) is 10.3. The Kier molecular flexibility index (Phi) is 11.4. The minimum Gasteiger partial charge on any atom is -0.497 e. The molecule has 0 aliphatic carbocycles. The Balaban J connectivity index is 2.11. The largest absolute Gasteiger partial charge is 0.497 e. The minimum absolute atomic E-state index is 0.109. The van der Waals surface area contributed by atoms with Gasteiger partial charge < -0.3 is 19.7 Å². The number of anilines is 1. The predicted octanol–water partition coefficient (Wildman–Crippen LogP) is 4.33. The summed E-state index contributed by atoms with van der Waals surface area (Å²) in [5, 5.41) is 3.03. The molecule has 0 radical (unpaired) electrons. The lowest BCUT2D eigenvalue weighted by Gasteiger charge is -2.34. The number of carbonyl (C=O) groups is 2. The second-order valence-corrected chi connectivity index (χ2v) is 12.2. The van der Waals surface area contributed by atoms with Crippen molar-refractivity contribution in [1.82, 2.24) is 10.2 Å². The summed E-state index contributed by atoms with van der Waals surface area (Å²) in [4.78, 5) is 29.6. The molecule has 2 atom stereocenters. The number of rotatable bonds is 14. The maximum Gasteiger partial charge on any atom is 0.244 e. The molecule has 1 N–H and O–H groups in total. The molecule has 10 heteroatoms. The van der Waals surface area contributed by atoms with Gasteiger partial charge in [-0.3, -0.25) is 13.9 Å². The average molecular weight is 596 g/mol. The van der Waals surface area contributed by atoms with Crippen LogP contribution in [0.5, 0.6) is 11.5 Å². The first-order chi connectivity index (χ1) is 20.0.